The van der Waals surface area contributed by atoms with Crippen LogP contribution in [0.15, 0.2) is 42.5 Å². The van der Waals surface area contributed by atoms with Gasteiger partial charge in [-0.25, -0.2) is 0 Å². The van der Waals surface area contributed by atoms with Gasteiger partial charge in [-0.1, -0.05) is 18.2 Å². The van der Waals surface area contributed by atoms with Crippen molar-refractivity contribution in [1.82, 2.24) is 4.57 Å². The summed E-state index contributed by atoms with van der Waals surface area (Å²) in [4.78, 5) is 11.7. The van der Waals surface area contributed by atoms with Crippen LogP contribution in [0.3, 0.4) is 0 Å². The van der Waals surface area contributed by atoms with Gasteiger partial charge in [-0.05, 0) is 31.2 Å². The minimum Gasteiger partial charge on any atom is -0.341 e. The topological polar surface area (TPSA) is 60.0 Å². The first kappa shape index (κ1) is 13.6. The van der Waals surface area contributed by atoms with Crippen molar-refractivity contribution in [1.29, 1.82) is 0 Å². The van der Waals surface area contributed by atoms with Gasteiger partial charge in [0, 0.05) is 47.0 Å². The maximum atomic E-state index is 11.7. The Morgan fingerprint density at radius 3 is 2.67 bits per heavy atom. The number of amides is 1. The molecule has 4 heteroatoms. The number of benzene rings is 2. The highest BCUT2D eigenvalue weighted by atomic mass is 16.1. The molecule has 2 aromatic carbocycles. The molecule has 0 unspecified atom stereocenters. The number of carbonyl (C=O) groups excluding carboxylic acids is 1. The Hall–Kier alpha value is -2.33. The van der Waals surface area contributed by atoms with Crippen molar-refractivity contribution in [3.05, 3.63) is 42.5 Å². The fourth-order valence-corrected chi connectivity index (χ4v) is 2.83. The van der Waals surface area contributed by atoms with Crippen molar-refractivity contribution < 1.29 is 4.79 Å². The maximum Gasteiger partial charge on any atom is 0.225 e. The third kappa shape index (κ3) is 2.38. The van der Waals surface area contributed by atoms with Crippen LogP contribution in [0.2, 0.25) is 0 Å². The molecule has 1 amide bonds. The number of nitrogens with two attached hydrogens (primary N) is 1. The second-order valence-electron chi connectivity index (χ2n) is 5.08. The third-order valence-electron chi connectivity index (χ3n) is 3.74. The number of carbonyl (C=O) groups is 1. The monoisotopic (exact) mass is 281 g/mol. The van der Waals surface area contributed by atoms with Crippen LogP contribution >= 0.6 is 0 Å². The Bertz CT molecular complexity index is 804. The van der Waals surface area contributed by atoms with E-state index in [1.807, 2.05) is 18.2 Å². The third-order valence-corrected chi connectivity index (χ3v) is 3.74. The molecule has 3 rings (SSSR count). The Labute approximate surface area is 123 Å². The summed E-state index contributed by atoms with van der Waals surface area (Å²) in [5, 5.41) is 5.28. The summed E-state index contributed by atoms with van der Waals surface area (Å²) in [6, 6.07) is 14.4. The molecule has 0 saturated carbocycles. The van der Waals surface area contributed by atoms with Gasteiger partial charge in [0.2, 0.25) is 5.91 Å². The van der Waals surface area contributed by atoms with Gasteiger partial charge in [-0.2, -0.15) is 0 Å². The molecule has 0 aliphatic heterocycles. The van der Waals surface area contributed by atoms with E-state index in [9.17, 15) is 4.79 Å². The van der Waals surface area contributed by atoms with Crippen LogP contribution < -0.4 is 11.1 Å². The lowest BCUT2D eigenvalue weighted by Gasteiger charge is -2.06. The molecule has 0 fully saturated rings. The number of nitrogens with one attached hydrogen (secondary N) is 1. The van der Waals surface area contributed by atoms with Crippen LogP contribution in [-0.2, 0) is 11.3 Å². The molecule has 3 aromatic rings. The minimum absolute atomic E-state index is 0.0453. The van der Waals surface area contributed by atoms with Crippen molar-refractivity contribution in [2.75, 3.05) is 11.9 Å². The summed E-state index contributed by atoms with van der Waals surface area (Å²) in [5.74, 6) is -0.0453. The highest BCUT2D eigenvalue weighted by molar-refractivity contribution is 6.09. The second kappa shape index (κ2) is 5.58. The SMILES string of the molecule is CCn1c2ccccc2c2cc(NC(=O)CCN)ccc21. The molecular formula is C17H19N3O. The van der Waals surface area contributed by atoms with Gasteiger partial charge in [-0.15, -0.1) is 0 Å². The molecule has 21 heavy (non-hydrogen) atoms. The Kier molecular flexibility index (Phi) is 3.62. The molecule has 4 nitrogen and oxygen atoms in total. The van der Waals surface area contributed by atoms with Crippen molar-refractivity contribution in [3.63, 3.8) is 0 Å². The maximum absolute atomic E-state index is 11.7. The highest BCUT2D eigenvalue weighted by Crippen LogP contribution is 2.30. The van der Waals surface area contributed by atoms with E-state index in [-0.39, 0.29) is 5.91 Å². The molecule has 0 aliphatic rings. The van der Waals surface area contributed by atoms with Gasteiger partial charge >= 0.3 is 0 Å². The average molecular weight is 281 g/mol. The standard InChI is InChI=1S/C17H19N3O/c1-2-20-15-6-4-3-5-13(15)14-11-12(7-8-16(14)20)19-17(21)9-10-18/h3-8,11H,2,9-10,18H2,1H3,(H,19,21). The number of aromatic nitrogens is 1. The van der Waals surface area contributed by atoms with Crippen LogP contribution in [0, 0.1) is 0 Å². The first-order chi connectivity index (χ1) is 10.2. The summed E-state index contributed by atoms with van der Waals surface area (Å²) in [5.41, 5.74) is 8.64. The van der Waals surface area contributed by atoms with Crippen LogP contribution in [-0.4, -0.2) is 17.0 Å². The quantitative estimate of drug-likeness (QED) is 0.772. The lowest BCUT2D eigenvalue weighted by molar-refractivity contribution is -0.116. The van der Waals surface area contributed by atoms with Crippen molar-refractivity contribution in [2.24, 2.45) is 5.73 Å². The molecule has 3 N–H and O–H groups in total. The fraction of sp³-hybridized carbons (Fsp3) is 0.235. The number of hydrogen-bond donors (Lipinski definition) is 2. The first-order valence-electron chi connectivity index (χ1n) is 7.25. The number of rotatable bonds is 4. The molecule has 0 atom stereocenters. The molecule has 0 spiro atoms. The molecule has 0 saturated heterocycles. The van der Waals surface area contributed by atoms with E-state index in [0.717, 1.165) is 17.6 Å². The van der Waals surface area contributed by atoms with Crippen molar-refractivity contribution >= 4 is 33.4 Å². The summed E-state index contributed by atoms with van der Waals surface area (Å²) >= 11 is 0. The van der Waals surface area contributed by atoms with Crippen molar-refractivity contribution in [2.45, 2.75) is 19.9 Å². The number of fused-ring (bicyclic) bond motifs is 3. The molecule has 0 bridgehead atoms. The lowest BCUT2D eigenvalue weighted by Crippen LogP contribution is -2.16. The van der Waals surface area contributed by atoms with Gasteiger partial charge in [0.25, 0.3) is 0 Å². The fourth-order valence-electron chi connectivity index (χ4n) is 2.83. The van der Waals surface area contributed by atoms with E-state index in [0.29, 0.717) is 13.0 Å². The Morgan fingerprint density at radius 1 is 1.14 bits per heavy atom. The van der Waals surface area contributed by atoms with E-state index in [1.54, 1.807) is 0 Å². The van der Waals surface area contributed by atoms with E-state index in [1.165, 1.54) is 16.4 Å². The second-order valence-corrected chi connectivity index (χ2v) is 5.08. The summed E-state index contributed by atoms with van der Waals surface area (Å²) in [6.07, 6.45) is 0.342. The molecule has 1 aromatic heterocycles. The van der Waals surface area contributed by atoms with Gasteiger partial charge in [0.05, 0.1) is 0 Å². The van der Waals surface area contributed by atoms with Gasteiger partial charge in [-0.3, -0.25) is 4.79 Å². The highest BCUT2D eigenvalue weighted by Gasteiger charge is 2.10. The Morgan fingerprint density at radius 2 is 1.90 bits per heavy atom. The van der Waals surface area contributed by atoms with E-state index < -0.39 is 0 Å². The molecule has 0 aliphatic carbocycles. The van der Waals surface area contributed by atoms with Crippen molar-refractivity contribution in [3.8, 4) is 0 Å². The van der Waals surface area contributed by atoms with Crippen LogP contribution in [0.4, 0.5) is 5.69 Å². The summed E-state index contributed by atoms with van der Waals surface area (Å²) < 4.78 is 2.29. The average Bonchev–Trinajstić information content (AvgIpc) is 2.81. The summed E-state index contributed by atoms with van der Waals surface area (Å²) in [7, 11) is 0. The normalized spacial score (nSPS) is 11.1. The smallest absolute Gasteiger partial charge is 0.225 e. The number of anilines is 1. The van der Waals surface area contributed by atoms with Gasteiger partial charge < -0.3 is 15.6 Å². The molecular weight excluding hydrogens is 262 g/mol. The van der Waals surface area contributed by atoms with E-state index in [4.69, 9.17) is 5.73 Å². The van der Waals surface area contributed by atoms with E-state index >= 15 is 0 Å². The molecule has 0 radical (unpaired) electrons. The zero-order chi connectivity index (χ0) is 14.8. The number of aryl methyl sites for hydroxylation is 1. The predicted octanol–water partition coefficient (Wildman–Crippen LogP) is 3.10. The largest absolute Gasteiger partial charge is 0.341 e. The minimum atomic E-state index is -0.0453. The zero-order valence-corrected chi connectivity index (χ0v) is 12.1. The number of nitrogens with zero attached hydrogens (tertiary/aromatic N) is 1. The molecule has 108 valence electrons. The molecule has 1 heterocycles. The number of para-hydroxylation sites is 1. The Balaban J connectivity index is 2.13. The summed E-state index contributed by atoms with van der Waals surface area (Å²) in [6.45, 7) is 3.43. The lowest BCUT2D eigenvalue weighted by atomic mass is 10.1. The number of hydrogen-bond acceptors (Lipinski definition) is 2. The van der Waals surface area contributed by atoms with Gasteiger partial charge in [0.1, 0.15) is 0 Å². The first-order valence-corrected chi connectivity index (χ1v) is 7.25. The zero-order valence-electron chi connectivity index (χ0n) is 12.1. The van der Waals surface area contributed by atoms with Gasteiger partial charge in [0.15, 0.2) is 0 Å². The van der Waals surface area contributed by atoms with E-state index in [2.05, 4.69) is 41.1 Å². The predicted molar refractivity (Wildman–Crippen MR) is 87.4 cm³/mol. The van der Waals surface area contributed by atoms with Crippen LogP contribution in [0.5, 0.6) is 0 Å². The van der Waals surface area contributed by atoms with Crippen LogP contribution in [0.1, 0.15) is 13.3 Å². The van der Waals surface area contributed by atoms with Crippen LogP contribution in [0.25, 0.3) is 21.8 Å².